The van der Waals surface area contributed by atoms with Crippen LogP contribution in [0.3, 0.4) is 0 Å². The molecule has 0 aliphatic rings. The lowest BCUT2D eigenvalue weighted by molar-refractivity contribution is 0.0991. The number of pyridine rings is 1. The van der Waals surface area contributed by atoms with Crippen molar-refractivity contribution in [1.82, 2.24) is 4.98 Å². The van der Waals surface area contributed by atoms with Gasteiger partial charge >= 0.3 is 0 Å². The maximum Gasteiger partial charge on any atom is 0.271 e. The smallest absolute Gasteiger partial charge is 0.271 e. The predicted octanol–water partition coefficient (Wildman–Crippen LogP) is 1.13. The third-order valence-electron chi connectivity index (χ3n) is 1.74. The van der Waals surface area contributed by atoms with E-state index in [1.165, 1.54) is 6.92 Å². The van der Waals surface area contributed by atoms with Crippen LogP contribution in [-0.2, 0) is 0 Å². The summed E-state index contributed by atoms with van der Waals surface area (Å²) < 4.78 is 24.8. The molecular formula is C8H8F2N2O2. The second-order valence-electron chi connectivity index (χ2n) is 2.72. The molecule has 1 aromatic heterocycles. The van der Waals surface area contributed by atoms with Crippen molar-refractivity contribution in [3.8, 4) is 5.75 Å². The van der Waals surface area contributed by atoms with Crippen molar-refractivity contribution >= 4 is 5.91 Å². The molecule has 4 nitrogen and oxygen atoms in total. The van der Waals surface area contributed by atoms with Crippen LogP contribution in [0.25, 0.3) is 0 Å². The van der Waals surface area contributed by atoms with Gasteiger partial charge in [0.05, 0.1) is 5.56 Å². The number of amides is 1. The summed E-state index contributed by atoms with van der Waals surface area (Å²) in [6, 6.07) is 0. The minimum atomic E-state index is -2.86. The van der Waals surface area contributed by atoms with E-state index in [2.05, 4.69) is 4.98 Å². The highest BCUT2D eigenvalue weighted by molar-refractivity contribution is 5.93. The van der Waals surface area contributed by atoms with E-state index in [9.17, 15) is 18.7 Å². The van der Waals surface area contributed by atoms with Crippen molar-refractivity contribution < 1.29 is 18.7 Å². The lowest BCUT2D eigenvalue weighted by Gasteiger charge is -2.08. The number of carbonyl (C=O) groups excluding carboxylic acids is 1. The van der Waals surface area contributed by atoms with Crippen molar-refractivity contribution in [1.29, 1.82) is 0 Å². The Morgan fingerprint density at radius 2 is 2.21 bits per heavy atom. The van der Waals surface area contributed by atoms with E-state index < -0.39 is 29.3 Å². The Hall–Kier alpha value is -1.72. The molecule has 0 bridgehead atoms. The van der Waals surface area contributed by atoms with Crippen LogP contribution >= 0.6 is 0 Å². The van der Waals surface area contributed by atoms with Crippen molar-refractivity contribution in [3.05, 3.63) is 23.0 Å². The number of aromatic nitrogens is 1. The molecule has 0 aromatic carbocycles. The van der Waals surface area contributed by atoms with Crippen LogP contribution in [0.1, 0.15) is 28.0 Å². The Balaban J connectivity index is 3.41. The maximum atomic E-state index is 12.4. The van der Waals surface area contributed by atoms with Gasteiger partial charge in [-0.05, 0) is 12.5 Å². The first kappa shape index (κ1) is 10.4. The summed E-state index contributed by atoms with van der Waals surface area (Å²) in [6.45, 7) is 1.36. The number of nitrogens with two attached hydrogens (primary N) is 1. The molecule has 76 valence electrons. The molecule has 14 heavy (non-hydrogen) atoms. The SMILES string of the molecule is Cc1cnc(C(N)=O)c(O)c1C(F)F. The number of carbonyl (C=O) groups is 1. The largest absolute Gasteiger partial charge is 0.505 e. The van der Waals surface area contributed by atoms with Crippen LogP contribution in [-0.4, -0.2) is 16.0 Å². The lowest BCUT2D eigenvalue weighted by Crippen LogP contribution is -2.14. The molecule has 0 saturated carbocycles. The number of aryl methyl sites for hydroxylation is 1. The topological polar surface area (TPSA) is 76.2 Å². The molecule has 6 heteroatoms. The van der Waals surface area contributed by atoms with E-state index in [-0.39, 0.29) is 5.56 Å². The summed E-state index contributed by atoms with van der Waals surface area (Å²) in [6.07, 6.45) is -1.79. The Kier molecular flexibility index (Phi) is 2.64. The highest BCUT2D eigenvalue weighted by Crippen LogP contribution is 2.32. The molecule has 0 unspecified atom stereocenters. The van der Waals surface area contributed by atoms with Gasteiger partial charge in [0.1, 0.15) is 0 Å². The molecule has 0 atom stereocenters. The molecule has 3 N–H and O–H groups in total. The van der Waals surface area contributed by atoms with Gasteiger partial charge in [0.15, 0.2) is 11.4 Å². The van der Waals surface area contributed by atoms with Crippen molar-refractivity contribution in [2.75, 3.05) is 0 Å². The van der Waals surface area contributed by atoms with E-state index in [0.29, 0.717) is 0 Å². The fraction of sp³-hybridized carbons (Fsp3) is 0.250. The summed E-state index contributed by atoms with van der Waals surface area (Å²) in [7, 11) is 0. The van der Waals surface area contributed by atoms with Gasteiger partial charge in [0.2, 0.25) is 0 Å². The molecular weight excluding hydrogens is 194 g/mol. The van der Waals surface area contributed by atoms with E-state index in [0.717, 1.165) is 6.20 Å². The zero-order valence-corrected chi connectivity index (χ0v) is 7.29. The number of nitrogens with zero attached hydrogens (tertiary/aromatic N) is 1. The lowest BCUT2D eigenvalue weighted by atomic mass is 10.1. The van der Waals surface area contributed by atoms with Gasteiger partial charge in [-0.15, -0.1) is 0 Å². The fourth-order valence-corrected chi connectivity index (χ4v) is 1.06. The molecule has 1 rings (SSSR count). The van der Waals surface area contributed by atoms with Gasteiger partial charge in [-0.3, -0.25) is 4.79 Å². The zero-order chi connectivity index (χ0) is 10.9. The summed E-state index contributed by atoms with van der Waals surface area (Å²) in [5.41, 5.74) is 3.80. The quantitative estimate of drug-likeness (QED) is 0.754. The first-order valence-electron chi connectivity index (χ1n) is 3.71. The van der Waals surface area contributed by atoms with Crippen LogP contribution in [0.2, 0.25) is 0 Å². The summed E-state index contributed by atoms with van der Waals surface area (Å²) in [4.78, 5) is 14.1. The molecule has 0 aliphatic carbocycles. The summed E-state index contributed by atoms with van der Waals surface area (Å²) in [5.74, 6) is -1.88. The van der Waals surface area contributed by atoms with Crippen LogP contribution in [0, 0.1) is 6.92 Å². The van der Waals surface area contributed by atoms with Crippen LogP contribution < -0.4 is 5.73 Å². The monoisotopic (exact) mass is 202 g/mol. The zero-order valence-electron chi connectivity index (χ0n) is 7.29. The normalized spacial score (nSPS) is 10.6. The molecule has 1 aromatic rings. The number of rotatable bonds is 2. The van der Waals surface area contributed by atoms with Crippen molar-refractivity contribution in [2.45, 2.75) is 13.3 Å². The van der Waals surface area contributed by atoms with Crippen LogP contribution in [0.5, 0.6) is 5.75 Å². The number of halogens is 2. The van der Waals surface area contributed by atoms with E-state index in [1.54, 1.807) is 0 Å². The second-order valence-corrected chi connectivity index (χ2v) is 2.72. The van der Waals surface area contributed by atoms with Gasteiger partial charge < -0.3 is 10.8 Å². The van der Waals surface area contributed by atoms with E-state index in [1.807, 2.05) is 0 Å². The Labute approximate surface area is 78.4 Å². The average molecular weight is 202 g/mol. The molecule has 0 radical (unpaired) electrons. The van der Waals surface area contributed by atoms with Gasteiger partial charge in [-0.1, -0.05) is 0 Å². The van der Waals surface area contributed by atoms with Gasteiger partial charge in [-0.25, -0.2) is 13.8 Å². The van der Waals surface area contributed by atoms with Gasteiger partial charge in [0, 0.05) is 6.20 Å². The first-order chi connectivity index (χ1) is 6.45. The van der Waals surface area contributed by atoms with Gasteiger partial charge in [0.25, 0.3) is 12.3 Å². The first-order valence-corrected chi connectivity index (χ1v) is 3.71. The fourth-order valence-electron chi connectivity index (χ4n) is 1.06. The molecule has 0 spiro atoms. The minimum Gasteiger partial charge on any atom is -0.505 e. The van der Waals surface area contributed by atoms with Crippen LogP contribution in [0.4, 0.5) is 8.78 Å². The van der Waals surface area contributed by atoms with E-state index in [4.69, 9.17) is 5.73 Å². The van der Waals surface area contributed by atoms with Crippen molar-refractivity contribution in [3.63, 3.8) is 0 Å². The standard InChI is InChI=1S/C8H8F2N2O2/c1-3-2-12-5(8(11)14)6(13)4(3)7(9)10/h2,7,13H,1H3,(H2,11,14). The number of hydrogen-bond acceptors (Lipinski definition) is 3. The molecule has 1 heterocycles. The Bertz CT molecular complexity index is 380. The molecule has 0 saturated heterocycles. The maximum absolute atomic E-state index is 12.4. The Morgan fingerprint density at radius 3 is 2.64 bits per heavy atom. The number of primary amides is 1. The van der Waals surface area contributed by atoms with Crippen LogP contribution in [0.15, 0.2) is 6.20 Å². The summed E-state index contributed by atoms with van der Waals surface area (Å²) in [5, 5.41) is 9.27. The van der Waals surface area contributed by atoms with Gasteiger partial charge in [-0.2, -0.15) is 0 Å². The minimum absolute atomic E-state index is 0.113. The summed E-state index contributed by atoms with van der Waals surface area (Å²) >= 11 is 0. The highest BCUT2D eigenvalue weighted by atomic mass is 19.3. The third-order valence-corrected chi connectivity index (χ3v) is 1.74. The molecule has 0 fully saturated rings. The number of alkyl halides is 2. The van der Waals surface area contributed by atoms with E-state index >= 15 is 0 Å². The average Bonchev–Trinajstić information content (AvgIpc) is 2.02. The van der Waals surface area contributed by atoms with Crippen molar-refractivity contribution in [2.24, 2.45) is 5.73 Å². The predicted molar refractivity (Wildman–Crippen MR) is 44.1 cm³/mol. The highest BCUT2D eigenvalue weighted by Gasteiger charge is 2.21. The Morgan fingerprint density at radius 1 is 1.64 bits per heavy atom. The molecule has 1 amide bonds. The third kappa shape index (κ3) is 1.63. The number of aromatic hydroxyl groups is 1. The second kappa shape index (κ2) is 3.57. The number of hydrogen-bond donors (Lipinski definition) is 2. The molecule has 0 aliphatic heterocycles.